The Morgan fingerprint density at radius 1 is 1.00 bits per heavy atom. The minimum absolute atomic E-state index is 0.303. The maximum Gasteiger partial charge on any atom is 0.460 e. The molecule has 0 spiro atoms. The van der Waals surface area contributed by atoms with E-state index in [4.69, 9.17) is 16.3 Å². The van der Waals surface area contributed by atoms with Gasteiger partial charge < -0.3 is 4.74 Å². The van der Waals surface area contributed by atoms with Gasteiger partial charge in [-0.25, -0.2) is 4.99 Å². The second-order valence-corrected chi connectivity index (χ2v) is 4.11. The van der Waals surface area contributed by atoms with E-state index in [2.05, 4.69) is 4.99 Å². The van der Waals surface area contributed by atoms with Crippen molar-refractivity contribution >= 4 is 22.5 Å². The molecule has 2 nitrogen and oxygen atoms in total. The second kappa shape index (κ2) is 5.70. The van der Waals surface area contributed by atoms with Crippen molar-refractivity contribution in [3.63, 3.8) is 0 Å². The lowest BCUT2D eigenvalue weighted by atomic mass is 10.2. The van der Waals surface area contributed by atoms with Gasteiger partial charge in [-0.05, 0) is 24.3 Å². The average molecular weight is 338 g/mol. The molecule has 0 heterocycles. The molecule has 0 N–H and O–H groups in total. The van der Waals surface area contributed by atoms with Crippen LogP contribution in [0.3, 0.4) is 0 Å². The van der Waals surface area contributed by atoms with Crippen LogP contribution in [0.1, 0.15) is 0 Å². The molecule has 0 aliphatic rings. The zero-order valence-electron chi connectivity index (χ0n) is 10.2. The van der Waals surface area contributed by atoms with Gasteiger partial charge in [-0.15, -0.1) is 0 Å². The molecule has 0 saturated carbocycles. The highest BCUT2D eigenvalue weighted by Crippen LogP contribution is 2.48. The van der Waals surface area contributed by atoms with Gasteiger partial charge in [0.25, 0.3) is 0 Å². The summed E-state index contributed by atoms with van der Waals surface area (Å²) >= 11 is 4.86. The van der Waals surface area contributed by atoms with Crippen LogP contribution in [0.5, 0.6) is 5.75 Å². The van der Waals surface area contributed by atoms with E-state index in [-0.39, 0.29) is 5.69 Å². The van der Waals surface area contributed by atoms with Crippen molar-refractivity contribution in [2.24, 2.45) is 4.99 Å². The van der Waals surface area contributed by atoms with Gasteiger partial charge in [-0.2, -0.15) is 30.7 Å². The van der Waals surface area contributed by atoms with Gasteiger partial charge in [0.15, 0.2) is 5.17 Å². The lowest BCUT2D eigenvalue weighted by molar-refractivity contribution is -0.335. The minimum Gasteiger partial charge on any atom is -0.497 e. The predicted octanol–water partition coefficient (Wildman–Crippen LogP) is 4.80. The lowest BCUT2D eigenvalue weighted by Crippen LogP contribution is -2.54. The van der Waals surface area contributed by atoms with Crippen molar-refractivity contribution in [1.29, 1.82) is 0 Å². The van der Waals surface area contributed by atoms with Crippen molar-refractivity contribution in [3.8, 4) is 5.75 Å². The summed E-state index contributed by atoms with van der Waals surface area (Å²) in [5, 5.41) is -2.17. The Balaban J connectivity index is 3.15. The van der Waals surface area contributed by atoms with Crippen LogP contribution in [0.2, 0.25) is 0 Å². The number of hydrogen-bond donors (Lipinski definition) is 0. The summed E-state index contributed by atoms with van der Waals surface area (Å²) in [6, 6.07) is 4.60. The van der Waals surface area contributed by atoms with Gasteiger partial charge in [0.1, 0.15) is 5.75 Å². The van der Waals surface area contributed by atoms with E-state index >= 15 is 0 Å². The van der Waals surface area contributed by atoms with Crippen LogP contribution in [-0.2, 0) is 0 Å². The van der Waals surface area contributed by atoms with E-state index in [1.54, 1.807) is 0 Å². The van der Waals surface area contributed by atoms with Crippen molar-refractivity contribution < 1.29 is 35.5 Å². The van der Waals surface area contributed by atoms with Crippen LogP contribution < -0.4 is 4.74 Å². The third-order valence-corrected chi connectivity index (χ3v) is 2.63. The van der Waals surface area contributed by atoms with E-state index in [1.807, 2.05) is 0 Å². The number of rotatable bonds is 4. The number of benzene rings is 1. The summed E-state index contributed by atoms with van der Waals surface area (Å²) in [7, 11) is 1.31. The summed E-state index contributed by atoms with van der Waals surface area (Å²) in [5.74, 6) is -11.7. The normalized spacial score (nSPS) is 14.2. The molecule has 0 aromatic heterocycles. The number of aliphatic imine (C=N–C) groups is 1. The fourth-order valence-electron chi connectivity index (χ4n) is 1.15. The van der Waals surface area contributed by atoms with Crippen LogP contribution in [-0.4, -0.2) is 30.3 Å². The number of methoxy groups -OCH3 is 1. The van der Waals surface area contributed by atoms with Crippen molar-refractivity contribution in [3.05, 3.63) is 24.3 Å². The van der Waals surface area contributed by atoms with Crippen LogP contribution in [0.15, 0.2) is 29.3 Å². The van der Waals surface area contributed by atoms with Crippen molar-refractivity contribution in [1.82, 2.24) is 0 Å². The molecule has 1 aromatic rings. The number of ether oxygens (including phenoxy) is 1. The van der Waals surface area contributed by atoms with Crippen molar-refractivity contribution in [2.75, 3.05) is 7.11 Å². The zero-order valence-corrected chi connectivity index (χ0v) is 10.9. The third kappa shape index (κ3) is 3.39. The standard InChI is InChI=1S/C11H7ClF7NO/c1-21-7-4-2-6(3-5-7)20-8(12)9(13,14)10(15,16)11(17,18)19/h2-5H,1H3. The van der Waals surface area contributed by atoms with Crippen LogP contribution in [0.25, 0.3) is 0 Å². The van der Waals surface area contributed by atoms with E-state index in [1.165, 1.54) is 19.2 Å². The average Bonchev–Trinajstić information content (AvgIpc) is 2.38. The first-order valence-electron chi connectivity index (χ1n) is 5.14. The van der Waals surface area contributed by atoms with Gasteiger partial charge in [-0.3, -0.25) is 0 Å². The molecule has 0 unspecified atom stereocenters. The smallest absolute Gasteiger partial charge is 0.460 e. The molecular weight excluding hydrogens is 331 g/mol. The Kier molecular flexibility index (Phi) is 4.76. The van der Waals surface area contributed by atoms with E-state index in [0.717, 1.165) is 12.1 Å². The number of alkyl halides is 7. The van der Waals surface area contributed by atoms with E-state index in [9.17, 15) is 30.7 Å². The summed E-state index contributed by atoms with van der Waals surface area (Å²) in [4.78, 5) is 2.88. The molecule has 0 saturated heterocycles. The molecule has 0 radical (unpaired) electrons. The zero-order chi connectivity index (χ0) is 16.5. The highest BCUT2D eigenvalue weighted by atomic mass is 35.5. The molecule has 118 valence electrons. The maximum atomic E-state index is 13.2. The van der Waals surface area contributed by atoms with Gasteiger partial charge in [0, 0.05) is 0 Å². The number of halogens is 8. The summed E-state index contributed by atoms with van der Waals surface area (Å²) < 4.78 is 92.4. The molecule has 0 aliphatic heterocycles. The van der Waals surface area contributed by atoms with Crippen LogP contribution in [0, 0.1) is 0 Å². The molecule has 0 bridgehead atoms. The first-order valence-corrected chi connectivity index (χ1v) is 5.52. The topological polar surface area (TPSA) is 21.6 Å². The minimum atomic E-state index is -6.47. The quantitative estimate of drug-likeness (QED) is 0.571. The molecular formula is C11H7ClF7NO. The maximum absolute atomic E-state index is 13.2. The molecule has 10 heteroatoms. The monoisotopic (exact) mass is 337 g/mol. The SMILES string of the molecule is COc1ccc(N=C(Cl)C(F)(F)C(F)(F)C(F)(F)F)cc1. The molecule has 0 aliphatic carbocycles. The van der Waals surface area contributed by atoms with Gasteiger partial charge in [0.2, 0.25) is 0 Å². The Labute approximate surface area is 119 Å². The van der Waals surface area contributed by atoms with Crippen molar-refractivity contribution in [2.45, 2.75) is 18.0 Å². The van der Waals surface area contributed by atoms with Gasteiger partial charge >= 0.3 is 18.0 Å². The largest absolute Gasteiger partial charge is 0.497 e. The van der Waals surface area contributed by atoms with E-state index in [0.29, 0.717) is 5.75 Å². The molecule has 0 fully saturated rings. The Morgan fingerprint density at radius 3 is 1.86 bits per heavy atom. The van der Waals surface area contributed by atoms with E-state index < -0.39 is 23.2 Å². The first-order chi connectivity index (χ1) is 9.43. The predicted molar refractivity (Wildman–Crippen MR) is 61.9 cm³/mol. The Bertz CT molecular complexity index is 524. The molecule has 1 aromatic carbocycles. The third-order valence-electron chi connectivity index (χ3n) is 2.31. The number of hydrogen-bond acceptors (Lipinski definition) is 2. The Hall–Kier alpha value is -1.51. The molecule has 0 atom stereocenters. The highest BCUT2D eigenvalue weighted by molar-refractivity contribution is 6.67. The summed E-state index contributed by atoms with van der Waals surface area (Å²) in [6.45, 7) is 0. The summed E-state index contributed by atoms with van der Waals surface area (Å²) in [5.41, 5.74) is -0.335. The Morgan fingerprint density at radius 2 is 1.48 bits per heavy atom. The fraction of sp³-hybridized carbons (Fsp3) is 0.364. The molecule has 0 amide bonds. The number of nitrogens with zero attached hydrogens (tertiary/aromatic N) is 1. The van der Waals surface area contributed by atoms with Gasteiger partial charge in [-0.1, -0.05) is 11.6 Å². The highest BCUT2D eigenvalue weighted by Gasteiger charge is 2.75. The van der Waals surface area contributed by atoms with Crippen LogP contribution in [0.4, 0.5) is 36.4 Å². The van der Waals surface area contributed by atoms with Gasteiger partial charge in [0.05, 0.1) is 12.8 Å². The lowest BCUT2D eigenvalue weighted by Gasteiger charge is -2.26. The first kappa shape index (κ1) is 17.5. The molecule has 21 heavy (non-hydrogen) atoms. The second-order valence-electron chi connectivity index (χ2n) is 3.75. The van der Waals surface area contributed by atoms with Crippen LogP contribution >= 0.6 is 11.6 Å². The molecule has 1 rings (SSSR count). The summed E-state index contributed by atoms with van der Waals surface area (Å²) in [6.07, 6.45) is -6.47. The fourth-order valence-corrected chi connectivity index (χ4v) is 1.36.